The van der Waals surface area contributed by atoms with Gasteiger partial charge in [-0.1, -0.05) is 0 Å². The summed E-state index contributed by atoms with van der Waals surface area (Å²) in [6.45, 7) is 0.123. The van der Waals surface area contributed by atoms with Crippen LogP contribution in [0.4, 0.5) is 0 Å². The number of H-pyrrole nitrogens is 1. The van der Waals surface area contributed by atoms with Crippen LogP contribution in [0.2, 0.25) is 0 Å². The van der Waals surface area contributed by atoms with E-state index in [4.69, 9.17) is 9.84 Å². The second-order valence-corrected chi connectivity index (χ2v) is 3.05. The second kappa shape index (κ2) is 6.57. The molecule has 0 saturated heterocycles. The van der Waals surface area contributed by atoms with Gasteiger partial charge in [0, 0.05) is 18.4 Å². The van der Waals surface area contributed by atoms with Crippen molar-refractivity contribution in [2.24, 2.45) is 0 Å². The first-order valence-corrected chi connectivity index (χ1v) is 4.73. The zero-order valence-corrected chi connectivity index (χ0v) is 8.60. The SMILES string of the molecule is O=C(O)COCCNC(=O)Cc1ccn[nH]1. The standard InChI is InChI=1S/C9H13N3O4/c13-8(5-7-1-2-11-12-7)10-3-4-16-6-9(14)15/h1-2H,3-6H2,(H,10,13)(H,11,12)(H,14,15). The number of amides is 1. The van der Waals surface area contributed by atoms with Crippen molar-refractivity contribution in [2.75, 3.05) is 19.8 Å². The second-order valence-electron chi connectivity index (χ2n) is 3.05. The number of hydrogen-bond donors (Lipinski definition) is 3. The Bertz CT molecular complexity index is 337. The van der Waals surface area contributed by atoms with Crippen LogP contribution in [0.5, 0.6) is 0 Å². The molecule has 0 radical (unpaired) electrons. The largest absolute Gasteiger partial charge is 0.480 e. The zero-order chi connectivity index (χ0) is 11.8. The summed E-state index contributed by atoms with van der Waals surface area (Å²) in [6, 6.07) is 1.71. The van der Waals surface area contributed by atoms with Gasteiger partial charge in [0.2, 0.25) is 5.91 Å². The Morgan fingerprint density at radius 1 is 1.56 bits per heavy atom. The van der Waals surface area contributed by atoms with Crippen LogP contribution in [0.1, 0.15) is 5.69 Å². The molecular formula is C9H13N3O4. The third-order valence-electron chi connectivity index (χ3n) is 1.70. The summed E-state index contributed by atoms with van der Waals surface area (Å²) < 4.78 is 4.75. The van der Waals surface area contributed by atoms with Crippen molar-refractivity contribution in [2.45, 2.75) is 6.42 Å². The maximum atomic E-state index is 11.3. The number of aromatic nitrogens is 2. The minimum absolute atomic E-state index is 0.164. The van der Waals surface area contributed by atoms with Crippen molar-refractivity contribution < 1.29 is 19.4 Å². The van der Waals surface area contributed by atoms with E-state index in [0.29, 0.717) is 6.54 Å². The molecule has 1 aromatic rings. The molecule has 7 heteroatoms. The number of aromatic amines is 1. The highest BCUT2D eigenvalue weighted by atomic mass is 16.5. The highest BCUT2D eigenvalue weighted by Crippen LogP contribution is 1.92. The number of rotatable bonds is 7. The normalized spacial score (nSPS) is 10.0. The van der Waals surface area contributed by atoms with Crippen molar-refractivity contribution in [1.29, 1.82) is 0 Å². The van der Waals surface area contributed by atoms with E-state index >= 15 is 0 Å². The van der Waals surface area contributed by atoms with Gasteiger partial charge in [-0.05, 0) is 6.07 Å². The van der Waals surface area contributed by atoms with E-state index in [0.717, 1.165) is 5.69 Å². The van der Waals surface area contributed by atoms with Gasteiger partial charge in [-0.25, -0.2) is 4.79 Å². The summed E-state index contributed by atoms with van der Waals surface area (Å²) in [5.41, 5.74) is 0.726. The number of aliphatic carboxylic acids is 1. The molecule has 0 unspecified atom stereocenters. The average molecular weight is 227 g/mol. The van der Waals surface area contributed by atoms with Gasteiger partial charge >= 0.3 is 5.97 Å². The molecule has 1 heterocycles. The van der Waals surface area contributed by atoms with Gasteiger partial charge in [0.1, 0.15) is 6.61 Å². The lowest BCUT2D eigenvalue weighted by atomic mass is 10.3. The van der Waals surface area contributed by atoms with E-state index < -0.39 is 5.97 Å². The third kappa shape index (κ3) is 5.11. The third-order valence-corrected chi connectivity index (χ3v) is 1.70. The van der Waals surface area contributed by atoms with E-state index in [1.165, 1.54) is 0 Å². The van der Waals surface area contributed by atoms with Crippen LogP contribution >= 0.6 is 0 Å². The first kappa shape index (κ1) is 12.2. The molecule has 7 nitrogen and oxygen atoms in total. The molecule has 88 valence electrons. The lowest BCUT2D eigenvalue weighted by Gasteiger charge is -2.03. The fourth-order valence-electron chi connectivity index (χ4n) is 1.04. The number of carbonyl (C=O) groups is 2. The molecule has 0 spiro atoms. The first-order chi connectivity index (χ1) is 7.68. The Morgan fingerprint density at radius 3 is 3.00 bits per heavy atom. The quantitative estimate of drug-likeness (QED) is 0.527. The maximum Gasteiger partial charge on any atom is 0.329 e. The summed E-state index contributed by atoms with van der Waals surface area (Å²) >= 11 is 0. The highest BCUT2D eigenvalue weighted by molar-refractivity contribution is 5.78. The van der Waals surface area contributed by atoms with Crippen LogP contribution in [0, 0.1) is 0 Å². The molecule has 0 fully saturated rings. The van der Waals surface area contributed by atoms with Gasteiger partial charge < -0.3 is 15.2 Å². The number of hydrogen-bond acceptors (Lipinski definition) is 4. The minimum atomic E-state index is -1.02. The fraction of sp³-hybridized carbons (Fsp3) is 0.444. The van der Waals surface area contributed by atoms with Crippen LogP contribution in [0.15, 0.2) is 12.3 Å². The molecular weight excluding hydrogens is 214 g/mol. The van der Waals surface area contributed by atoms with Crippen molar-refractivity contribution in [3.05, 3.63) is 18.0 Å². The maximum absolute atomic E-state index is 11.3. The fourth-order valence-corrected chi connectivity index (χ4v) is 1.04. The summed E-state index contributed by atoms with van der Waals surface area (Å²) in [6.07, 6.45) is 1.79. The number of carboxylic acids is 1. The molecule has 0 atom stereocenters. The number of carboxylic acid groups (broad SMARTS) is 1. The molecule has 0 aliphatic carbocycles. The van der Waals surface area contributed by atoms with E-state index in [2.05, 4.69) is 15.5 Å². The van der Waals surface area contributed by atoms with Crippen LogP contribution in [-0.2, 0) is 20.7 Å². The summed E-state index contributed by atoms with van der Waals surface area (Å²) in [5.74, 6) is -1.19. The number of nitrogens with one attached hydrogen (secondary N) is 2. The van der Waals surface area contributed by atoms with Crippen molar-refractivity contribution in [1.82, 2.24) is 15.5 Å². The van der Waals surface area contributed by atoms with Crippen LogP contribution in [0.25, 0.3) is 0 Å². The summed E-state index contributed by atoms with van der Waals surface area (Å²) in [4.78, 5) is 21.4. The Balaban J connectivity index is 2.05. The smallest absolute Gasteiger partial charge is 0.329 e. The molecule has 1 amide bonds. The topological polar surface area (TPSA) is 104 Å². The molecule has 3 N–H and O–H groups in total. The molecule has 1 rings (SSSR count). The van der Waals surface area contributed by atoms with Gasteiger partial charge in [-0.3, -0.25) is 9.89 Å². The Labute approximate surface area is 91.8 Å². The first-order valence-electron chi connectivity index (χ1n) is 4.73. The average Bonchev–Trinajstić information content (AvgIpc) is 2.69. The monoisotopic (exact) mass is 227 g/mol. The minimum Gasteiger partial charge on any atom is -0.480 e. The van der Waals surface area contributed by atoms with Gasteiger partial charge in [0.25, 0.3) is 0 Å². The van der Waals surface area contributed by atoms with E-state index in [-0.39, 0.29) is 25.5 Å². The van der Waals surface area contributed by atoms with Crippen molar-refractivity contribution in [3.8, 4) is 0 Å². The Morgan fingerprint density at radius 2 is 2.38 bits per heavy atom. The van der Waals surface area contributed by atoms with Crippen LogP contribution in [0.3, 0.4) is 0 Å². The number of ether oxygens (including phenoxy) is 1. The van der Waals surface area contributed by atoms with E-state index in [9.17, 15) is 9.59 Å². The molecule has 16 heavy (non-hydrogen) atoms. The van der Waals surface area contributed by atoms with Gasteiger partial charge in [-0.2, -0.15) is 5.10 Å². The van der Waals surface area contributed by atoms with Gasteiger partial charge in [0.15, 0.2) is 0 Å². The molecule has 1 aromatic heterocycles. The summed E-state index contributed by atoms with van der Waals surface area (Å²) in [5, 5.41) is 17.2. The van der Waals surface area contributed by atoms with Crippen molar-refractivity contribution in [3.63, 3.8) is 0 Å². The van der Waals surface area contributed by atoms with Crippen LogP contribution in [-0.4, -0.2) is 46.9 Å². The van der Waals surface area contributed by atoms with E-state index in [1.807, 2.05) is 0 Å². The lowest BCUT2D eigenvalue weighted by Crippen LogP contribution is -2.29. The summed E-state index contributed by atoms with van der Waals surface area (Å²) in [7, 11) is 0. The van der Waals surface area contributed by atoms with Crippen LogP contribution < -0.4 is 5.32 Å². The molecule has 0 aromatic carbocycles. The number of carbonyl (C=O) groups excluding carboxylic acids is 1. The van der Waals surface area contributed by atoms with Gasteiger partial charge in [-0.15, -0.1) is 0 Å². The molecule has 0 saturated carbocycles. The molecule has 0 aliphatic heterocycles. The van der Waals surface area contributed by atoms with E-state index in [1.54, 1.807) is 12.3 Å². The molecule has 0 aliphatic rings. The zero-order valence-electron chi connectivity index (χ0n) is 8.60. The Hall–Kier alpha value is -1.89. The molecule has 0 bridgehead atoms. The predicted molar refractivity (Wildman–Crippen MR) is 53.8 cm³/mol. The van der Waals surface area contributed by atoms with Crippen molar-refractivity contribution >= 4 is 11.9 Å². The number of nitrogens with zero attached hydrogens (tertiary/aromatic N) is 1. The predicted octanol–water partition coefficient (Wildman–Crippen LogP) is -0.830. The Kier molecular flexibility index (Phi) is 5.00. The lowest BCUT2D eigenvalue weighted by molar-refractivity contribution is -0.142. The van der Waals surface area contributed by atoms with Gasteiger partial charge in [0.05, 0.1) is 13.0 Å². The highest BCUT2D eigenvalue weighted by Gasteiger charge is 2.03.